The SMILES string of the molecule is Cc1cc2c(cnn2-c2ccc(F)cc2)cc1C1CC(=O)N(Cc2ccccc2-c2ccc(CBr)cc2)C1=O. The smallest absolute Gasteiger partial charge is 0.237 e. The summed E-state index contributed by atoms with van der Waals surface area (Å²) < 4.78 is 15.2. The first kappa shape index (κ1) is 25.2. The van der Waals surface area contributed by atoms with Gasteiger partial charge < -0.3 is 0 Å². The molecule has 1 fully saturated rings. The minimum Gasteiger partial charge on any atom is -0.278 e. The number of carbonyl (C=O) groups is 2. The second-order valence-corrected chi connectivity index (χ2v) is 10.4. The minimum atomic E-state index is -0.540. The van der Waals surface area contributed by atoms with Crippen molar-refractivity contribution < 1.29 is 14.0 Å². The van der Waals surface area contributed by atoms with E-state index in [1.807, 2.05) is 43.3 Å². The molecule has 5 nitrogen and oxygen atoms in total. The number of rotatable bonds is 6. The van der Waals surface area contributed by atoms with Crippen LogP contribution in [0.1, 0.15) is 34.6 Å². The van der Waals surface area contributed by atoms with Crippen LogP contribution in [0.15, 0.2) is 91.1 Å². The van der Waals surface area contributed by atoms with E-state index in [1.54, 1.807) is 23.0 Å². The maximum Gasteiger partial charge on any atom is 0.237 e. The van der Waals surface area contributed by atoms with E-state index in [-0.39, 0.29) is 30.6 Å². The van der Waals surface area contributed by atoms with Gasteiger partial charge in [-0.25, -0.2) is 9.07 Å². The molecular weight excluding hydrogens is 557 g/mol. The third kappa shape index (κ3) is 4.68. The molecule has 4 aromatic carbocycles. The molecule has 1 unspecified atom stereocenters. The van der Waals surface area contributed by atoms with Crippen molar-refractivity contribution in [1.82, 2.24) is 14.7 Å². The number of fused-ring (bicyclic) bond motifs is 1. The third-order valence-corrected chi connectivity index (χ3v) is 8.06. The van der Waals surface area contributed by atoms with E-state index in [9.17, 15) is 14.0 Å². The van der Waals surface area contributed by atoms with Crippen LogP contribution in [0.25, 0.3) is 27.7 Å². The Morgan fingerprint density at radius 1 is 0.974 bits per heavy atom. The molecular formula is C32H25BrFN3O2. The van der Waals surface area contributed by atoms with E-state index in [2.05, 4.69) is 45.3 Å². The molecule has 7 heteroatoms. The average Bonchev–Trinajstić information content (AvgIpc) is 3.49. The number of alkyl halides is 1. The molecule has 0 N–H and O–H groups in total. The quantitative estimate of drug-likeness (QED) is 0.159. The topological polar surface area (TPSA) is 55.2 Å². The summed E-state index contributed by atoms with van der Waals surface area (Å²) in [5.41, 5.74) is 7.51. The molecule has 5 aromatic rings. The first-order valence-electron chi connectivity index (χ1n) is 12.7. The Hall–Kier alpha value is -4.10. The average molecular weight is 582 g/mol. The maximum atomic E-state index is 13.6. The second-order valence-electron chi connectivity index (χ2n) is 9.86. The predicted octanol–water partition coefficient (Wildman–Crippen LogP) is 7.08. The number of aryl methyl sites for hydroxylation is 1. The van der Waals surface area contributed by atoms with E-state index in [0.29, 0.717) is 0 Å². The van der Waals surface area contributed by atoms with Gasteiger partial charge in [-0.1, -0.05) is 64.5 Å². The van der Waals surface area contributed by atoms with Crippen molar-refractivity contribution in [3.8, 4) is 16.8 Å². The number of nitrogens with zero attached hydrogens (tertiary/aromatic N) is 3. The van der Waals surface area contributed by atoms with Gasteiger partial charge in [-0.05, 0) is 76.7 Å². The van der Waals surface area contributed by atoms with Gasteiger partial charge in [-0.2, -0.15) is 5.10 Å². The van der Waals surface area contributed by atoms with Gasteiger partial charge in [0.2, 0.25) is 11.8 Å². The van der Waals surface area contributed by atoms with Crippen molar-refractivity contribution in [3.05, 3.63) is 119 Å². The van der Waals surface area contributed by atoms with Gasteiger partial charge in [-0.15, -0.1) is 0 Å². The van der Waals surface area contributed by atoms with Crippen LogP contribution in [0.2, 0.25) is 0 Å². The molecule has 0 bridgehead atoms. The number of carbonyl (C=O) groups excluding carboxylic acids is 2. The molecule has 0 radical (unpaired) electrons. The summed E-state index contributed by atoms with van der Waals surface area (Å²) in [6.07, 6.45) is 1.87. The largest absolute Gasteiger partial charge is 0.278 e. The summed E-state index contributed by atoms with van der Waals surface area (Å²) in [5.74, 6) is -1.20. The third-order valence-electron chi connectivity index (χ3n) is 7.41. The number of likely N-dealkylation sites (tertiary alicyclic amines) is 1. The van der Waals surface area contributed by atoms with Gasteiger partial charge in [0.05, 0.1) is 29.9 Å². The Bertz CT molecular complexity index is 1710. The fourth-order valence-corrected chi connectivity index (χ4v) is 5.71. The summed E-state index contributed by atoms with van der Waals surface area (Å²) >= 11 is 3.48. The Morgan fingerprint density at radius 3 is 2.46 bits per heavy atom. The highest BCUT2D eigenvalue weighted by Crippen LogP contribution is 2.36. The van der Waals surface area contributed by atoms with Crippen LogP contribution in [-0.4, -0.2) is 26.5 Å². The molecule has 0 spiro atoms. The summed E-state index contributed by atoms with van der Waals surface area (Å²) in [6.45, 7) is 2.18. The van der Waals surface area contributed by atoms with E-state index < -0.39 is 5.92 Å². The van der Waals surface area contributed by atoms with Gasteiger partial charge in [-0.3, -0.25) is 14.5 Å². The van der Waals surface area contributed by atoms with E-state index in [4.69, 9.17) is 0 Å². The van der Waals surface area contributed by atoms with Crippen molar-refractivity contribution in [3.63, 3.8) is 0 Å². The zero-order chi connectivity index (χ0) is 27.1. The Labute approximate surface area is 234 Å². The predicted molar refractivity (Wildman–Crippen MR) is 153 cm³/mol. The minimum absolute atomic E-state index is 0.138. The lowest BCUT2D eigenvalue weighted by Crippen LogP contribution is -2.30. The summed E-state index contributed by atoms with van der Waals surface area (Å²) in [4.78, 5) is 28.2. The molecule has 2 amide bonds. The molecule has 1 atom stereocenters. The van der Waals surface area contributed by atoms with Crippen molar-refractivity contribution in [1.29, 1.82) is 0 Å². The standard InChI is InChI=1S/C32H25BrFN3O2/c1-20-14-30-24(18-35-37(30)26-12-10-25(34)11-13-26)15-28(20)29-16-31(38)36(32(29)39)19-23-4-2-3-5-27(23)22-8-6-21(17-33)7-9-22/h2-15,18,29H,16-17,19H2,1H3. The van der Waals surface area contributed by atoms with Crippen molar-refractivity contribution in [2.75, 3.05) is 0 Å². The van der Waals surface area contributed by atoms with E-state index in [0.717, 1.165) is 49.7 Å². The van der Waals surface area contributed by atoms with Crippen LogP contribution in [0.3, 0.4) is 0 Å². The number of imide groups is 1. The number of amides is 2. The molecule has 6 rings (SSSR count). The Balaban J connectivity index is 1.29. The van der Waals surface area contributed by atoms with Crippen molar-refractivity contribution in [2.45, 2.75) is 31.1 Å². The highest BCUT2D eigenvalue weighted by Gasteiger charge is 2.40. The molecule has 0 aliphatic carbocycles. The molecule has 39 heavy (non-hydrogen) atoms. The van der Waals surface area contributed by atoms with Crippen LogP contribution in [0, 0.1) is 12.7 Å². The zero-order valence-corrected chi connectivity index (χ0v) is 22.9. The van der Waals surface area contributed by atoms with Gasteiger partial charge >= 0.3 is 0 Å². The molecule has 1 aliphatic rings. The number of halogens is 2. The molecule has 1 aliphatic heterocycles. The van der Waals surface area contributed by atoms with Gasteiger partial charge in [0, 0.05) is 17.1 Å². The number of aromatic nitrogens is 2. The lowest BCUT2D eigenvalue weighted by atomic mass is 9.92. The van der Waals surface area contributed by atoms with Gasteiger partial charge in [0.15, 0.2) is 0 Å². The van der Waals surface area contributed by atoms with Crippen LogP contribution in [-0.2, 0) is 21.5 Å². The van der Waals surface area contributed by atoms with Crippen molar-refractivity contribution >= 4 is 38.6 Å². The first-order valence-corrected chi connectivity index (χ1v) is 13.9. The monoisotopic (exact) mass is 581 g/mol. The Morgan fingerprint density at radius 2 is 1.72 bits per heavy atom. The van der Waals surface area contributed by atoms with Crippen LogP contribution in [0.4, 0.5) is 4.39 Å². The van der Waals surface area contributed by atoms with Crippen LogP contribution < -0.4 is 0 Å². The number of benzene rings is 4. The molecule has 1 aromatic heterocycles. The first-order chi connectivity index (χ1) is 18.9. The summed E-state index contributed by atoms with van der Waals surface area (Å²) in [5, 5.41) is 6.13. The fourth-order valence-electron chi connectivity index (χ4n) is 5.34. The van der Waals surface area contributed by atoms with Gasteiger partial charge in [0.1, 0.15) is 5.82 Å². The summed E-state index contributed by atoms with van der Waals surface area (Å²) in [6, 6.07) is 26.3. The van der Waals surface area contributed by atoms with Crippen LogP contribution >= 0.6 is 15.9 Å². The zero-order valence-electron chi connectivity index (χ0n) is 21.3. The highest BCUT2D eigenvalue weighted by molar-refractivity contribution is 9.08. The maximum absolute atomic E-state index is 13.6. The van der Waals surface area contributed by atoms with Crippen molar-refractivity contribution in [2.24, 2.45) is 0 Å². The summed E-state index contributed by atoms with van der Waals surface area (Å²) in [7, 11) is 0. The Kier molecular flexibility index (Phi) is 6.61. The molecule has 1 saturated heterocycles. The molecule has 0 saturated carbocycles. The second kappa shape index (κ2) is 10.2. The van der Waals surface area contributed by atoms with Gasteiger partial charge in [0.25, 0.3) is 0 Å². The van der Waals surface area contributed by atoms with E-state index >= 15 is 0 Å². The molecule has 2 heterocycles. The number of hydrogen-bond acceptors (Lipinski definition) is 3. The normalized spacial score (nSPS) is 15.5. The lowest BCUT2D eigenvalue weighted by molar-refractivity contribution is -0.139. The molecule has 194 valence electrons. The fraction of sp³-hybridized carbons (Fsp3) is 0.156. The van der Waals surface area contributed by atoms with E-state index in [1.165, 1.54) is 22.6 Å². The lowest BCUT2D eigenvalue weighted by Gasteiger charge is -2.18. The number of hydrogen-bond donors (Lipinski definition) is 0. The van der Waals surface area contributed by atoms with Crippen LogP contribution in [0.5, 0.6) is 0 Å². The highest BCUT2D eigenvalue weighted by atomic mass is 79.9.